The van der Waals surface area contributed by atoms with Crippen LogP contribution in [0.2, 0.25) is 0 Å². The maximum absolute atomic E-state index is 12.1. The van der Waals surface area contributed by atoms with E-state index in [0.717, 1.165) is 6.42 Å². The largest absolute Gasteiger partial charge is 0.382 e. The van der Waals surface area contributed by atoms with Crippen LogP contribution in [0.5, 0.6) is 0 Å². The lowest BCUT2D eigenvalue weighted by Crippen LogP contribution is -2.36. The molecule has 6 nitrogen and oxygen atoms in total. The van der Waals surface area contributed by atoms with Gasteiger partial charge in [-0.1, -0.05) is 19.9 Å². The van der Waals surface area contributed by atoms with E-state index in [1.54, 1.807) is 24.3 Å². The van der Waals surface area contributed by atoms with Gasteiger partial charge < -0.3 is 21.1 Å². The number of halogens is 1. The third-order valence-electron chi connectivity index (χ3n) is 3.41. The van der Waals surface area contributed by atoms with Gasteiger partial charge in [0.05, 0.1) is 6.04 Å². The van der Waals surface area contributed by atoms with E-state index in [1.165, 1.54) is 0 Å². The third kappa shape index (κ3) is 9.43. The van der Waals surface area contributed by atoms with Gasteiger partial charge in [-0.3, -0.25) is 9.59 Å². The van der Waals surface area contributed by atoms with Gasteiger partial charge in [0.15, 0.2) is 0 Å². The van der Waals surface area contributed by atoms with Crippen molar-refractivity contribution in [3.63, 3.8) is 0 Å². The van der Waals surface area contributed by atoms with Crippen LogP contribution in [-0.2, 0) is 9.53 Å². The topological polar surface area (TPSA) is 93.5 Å². The first-order valence-corrected chi connectivity index (χ1v) is 8.46. The Morgan fingerprint density at radius 1 is 1.28 bits per heavy atom. The van der Waals surface area contributed by atoms with E-state index < -0.39 is 6.04 Å². The minimum absolute atomic E-state index is 0. The molecule has 0 radical (unpaired) electrons. The molecule has 0 aliphatic rings. The van der Waals surface area contributed by atoms with Crippen molar-refractivity contribution in [3.8, 4) is 0 Å². The summed E-state index contributed by atoms with van der Waals surface area (Å²) in [6.07, 6.45) is 1.38. The second-order valence-electron chi connectivity index (χ2n) is 6.11. The summed E-state index contributed by atoms with van der Waals surface area (Å²) in [4.78, 5) is 24.2. The van der Waals surface area contributed by atoms with Crippen LogP contribution in [0.3, 0.4) is 0 Å². The highest BCUT2D eigenvalue weighted by Gasteiger charge is 2.15. The van der Waals surface area contributed by atoms with E-state index in [1.807, 2.05) is 20.8 Å². The van der Waals surface area contributed by atoms with Gasteiger partial charge in [-0.25, -0.2) is 0 Å². The molecule has 7 heteroatoms. The molecule has 1 atom stereocenters. The van der Waals surface area contributed by atoms with Crippen LogP contribution in [0.4, 0.5) is 5.69 Å². The fourth-order valence-electron chi connectivity index (χ4n) is 2.21. The fourth-order valence-corrected chi connectivity index (χ4v) is 2.21. The van der Waals surface area contributed by atoms with Gasteiger partial charge in [0.25, 0.3) is 5.91 Å². The number of benzene rings is 1. The molecule has 0 aliphatic carbocycles. The Kier molecular flexibility index (Phi) is 11.9. The van der Waals surface area contributed by atoms with E-state index in [0.29, 0.717) is 43.3 Å². The van der Waals surface area contributed by atoms with E-state index >= 15 is 0 Å². The minimum atomic E-state index is -0.555. The normalized spacial score (nSPS) is 11.6. The number of carbonyl (C=O) groups is 2. The van der Waals surface area contributed by atoms with Crippen molar-refractivity contribution in [1.29, 1.82) is 0 Å². The van der Waals surface area contributed by atoms with Crippen molar-refractivity contribution < 1.29 is 14.3 Å². The maximum atomic E-state index is 12.1. The van der Waals surface area contributed by atoms with Gasteiger partial charge in [0.1, 0.15) is 0 Å². The van der Waals surface area contributed by atoms with Crippen molar-refractivity contribution in [2.24, 2.45) is 11.7 Å². The lowest BCUT2D eigenvalue weighted by atomic mass is 10.0. The summed E-state index contributed by atoms with van der Waals surface area (Å²) < 4.78 is 5.22. The zero-order valence-electron chi connectivity index (χ0n) is 15.2. The molecule has 1 aromatic carbocycles. The minimum Gasteiger partial charge on any atom is -0.382 e. The molecule has 0 fully saturated rings. The number of ether oxygens (including phenoxy) is 1. The van der Waals surface area contributed by atoms with E-state index in [2.05, 4.69) is 10.6 Å². The Morgan fingerprint density at radius 2 is 2.00 bits per heavy atom. The standard InChI is InChI=1S/C18H29N3O3.ClH/c1-4-24-10-6-9-20-17(22)14-7-5-8-15(12-14)21-18(23)16(19)11-13(2)3;/h5,7-8,12-13,16H,4,6,9-11,19H2,1-3H3,(H,20,22)(H,21,23);1H/t16-;/m0./s1. The number of nitrogens with one attached hydrogen (secondary N) is 2. The molecule has 0 saturated carbocycles. The van der Waals surface area contributed by atoms with Crippen LogP contribution < -0.4 is 16.4 Å². The zero-order valence-corrected chi connectivity index (χ0v) is 16.0. The van der Waals surface area contributed by atoms with Crippen LogP contribution in [0.1, 0.15) is 44.0 Å². The second-order valence-corrected chi connectivity index (χ2v) is 6.11. The first-order valence-electron chi connectivity index (χ1n) is 8.46. The average Bonchev–Trinajstić information content (AvgIpc) is 2.54. The predicted octanol–water partition coefficient (Wildman–Crippen LogP) is 2.58. The Morgan fingerprint density at radius 3 is 2.64 bits per heavy atom. The predicted molar refractivity (Wildman–Crippen MR) is 103 cm³/mol. The quantitative estimate of drug-likeness (QED) is 0.551. The van der Waals surface area contributed by atoms with Crippen LogP contribution in [0, 0.1) is 5.92 Å². The number of hydrogen-bond donors (Lipinski definition) is 3. The summed E-state index contributed by atoms with van der Waals surface area (Å²) in [5.74, 6) is -0.0633. The maximum Gasteiger partial charge on any atom is 0.251 e. The molecule has 1 rings (SSSR count). The van der Waals surface area contributed by atoms with Crippen molar-refractivity contribution in [1.82, 2.24) is 5.32 Å². The number of carbonyl (C=O) groups excluding carboxylic acids is 2. The van der Waals surface area contributed by atoms with E-state index in [-0.39, 0.29) is 24.2 Å². The van der Waals surface area contributed by atoms with Gasteiger partial charge in [0, 0.05) is 31.0 Å². The number of rotatable bonds is 10. The molecule has 0 saturated heterocycles. The molecule has 0 unspecified atom stereocenters. The van der Waals surface area contributed by atoms with E-state index in [4.69, 9.17) is 10.5 Å². The lowest BCUT2D eigenvalue weighted by molar-refractivity contribution is -0.117. The molecule has 0 spiro atoms. The Labute approximate surface area is 156 Å². The van der Waals surface area contributed by atoms with Crippen LogP contribution in [0.15, 0.2) is 24.3 Å². The molecule has 2 amide bonds. The van der Waals surface area contributed by atoms with E-state index in [9.17, 15) is 9.59 Å². The van der Waals surface area contributed by atoms with Gasteiger partial charge >= 0.3 is 0 Å². The first-order chi connectivity index (χ1) is 11.4. The van der Waals surface area contributed by atoms with Crippen LogP contribution >= 0.6 is 12.4 Å². The number of amides is 2. The Bertz CT molecular complexity index is 538. The summed E-state index contributed by atoms with van der Waals surface area (Å²) in [5.41, 5.74) is 6.94. The summed E-state index contributed by atoms with van der Waals surface area (Å²) in [6.45, 7) is 7.82. The molecule has 0 aliphatic heterocycles. The molecule has 0 aromatic heterocycles. The SMILES string of the molecule is CCOCCCNC(=O)c1cccc(NC(=O)[C@@H](N)CC(C)C)c1.Cl. The molecule has 25 heavy (non-hydrogen) atoms. The van der Waals surface area contributed by atoms with Crippen molar-refractivity contribution in [3.05, 3.63) is 29.8 Å². The highest BCUT2D eigenvalue weighted by molar-refractivity contribution is 5.98. The molecule has 0 bridgehead atoms. The van der Waals surface area contributed by atoms with Crippen molar-refractivity contribution in [2.75, 3.05) is 25.1 Å². The Hall–Kier alpha value is -1.63. The van der Waals surface area contributed by atoms with Gasteiger partial charge in [-0.05, 0) is 43.9 Å². The molecular weight excluding hydrogens is 342 g/mol. The summed E-state index contributed by atoms with van der Waals surface area (Å²) in [7, 11) is 0. The summed E-state index contributed by atoms with van der Waals surface area (Å²) in [6, 6.07) is 6.28. The van der Waals surface area contributed by atoms with Gasteiger partial charge in [-0.15, -0.1) is 12.4 Å². The average molecular weight is 372 g/mol. The second kappa shape index (κ2) is 12.7. The van der Waals surface area contributed by atoms with Crippen LogP contribution in [-0.4, -0.2) is 37.6 Å². The molecular formula is C18H30ClN3O3. The highest BCUT2D eigenvalue weighted by atomic mass is 35.5. The third-order valence-corrected chi connectivity index (χ3v) is 3.41. The zero-order chi connectivity index (χ0) is 17.9. The number of anilines is 1. The van der Waals surface area contributed by atoms with Crippen molar-refractivity contribution >= 4 is 29.9 Å². The number of nitrogens with two attached hydrogens (primary N) is 1. The molecule has 142 valence electrons. The first kappa shape index (κ1) is 23.4. The molecule has 0 heterocycles. The molecule has 1 aromatic rings. The number of hydrogen-bond acceptors (Lipinski definition) is 4. The Balaban J connectivity index is 0.00000576. The van der Waals surface area contributed by atoms with Crippen molar-refractivity contribution in [2.45, 2.75) is 39.7 Å². The van der Waals surface area contributed by atoms with Crippen LogP contribution in [0.25, 0.3) is 0 Å². The monoisotopic (exact) mass is 371 g/mol. The van der Waals surface area contributed by atoms with Gasteiger partial charge in [0.2, 0.25) is 5.91 Å². The lowest BCUT2D eigenvalue weighted by Gasteiger charge is -2.14. The van der Waals surface area contributed by atoms with Gasteiger partial charge in [-0.2, -0.15) is 0 Å². The summed E-state index contributed by atoms with van der Waals surface area (Å²) >= 11 is 0. The smallest absolute Gasteiger partial charge is 0.251 e. The summed E-state index contributed by atoms with van der Waals surface area (Å²) in [5, 5.41) is 5.59. The highest BCUT2D eigenvalue weighted by Crippen LogP contribution is 2.12. The fraction of sp³-hybridized carbons (Fsp3) is 0.556. The molecule has 4 N–H and O–H groups in total.